The van der Waals surface area contributed by atoms with Gasteiger partial charge in [0.1, 0.15) is 0 Å². The second-order valence-electron chi connectivity index (χ2n) is 3.12. The second-order valence-corrected chi connectivity index (χ2v) is 5.51. The summed E-state index contributed by atoms with van der Waals surface area (Å²) in [5.74, 6) is -0.518. The molecule has 0 aromatic carbocycles. The lowest BCUT2D eigenvalue weighted by Crippen LogP contribution is -2.35. The molecule has 78 valence electrons. The highest BCUT2D eigenvalue weighted by Gasteiger charge is 2.16. The molecule has 0 aliphatic rings. The number of carbonyl (C=O) groups excluding carboxylic acids is 1. The van der Waals surface area contributed by atoms with Gasteiger partial charge < -0.3 is 4.89 Å². The van der Waals surface area contributed by atoms with Gasteiger partial charge in [-0.25, -0.2) is 5.06 Å². The van der Waals surface area contributed by atoms with E-state index >= 15 is 0 Å². The normalized spacial score (nSPS) is 15.5. The molecule has 0 radical (unpaired) electrons. The van der Waals surface area contributed by atoms with Crippen LogP contribution < -0.4 is 0 Å². The number of hydrogen-bond acceptors (Lipinski definition) is 4. The Morgan fingerprint density at radius 2 is 1.92 bits per heavy atom. The van der Waals surface area contributed by atoms with Crippen LogP contribution in [0.25, 0.3) is 0 Å². The van der Waals surface area contributed by atoms with E-state index in [0.717, 1.165) is 0 Å². The molecule has 0 saturated carbocycles. The van der Waals surface area contributed by atoms with Gasteiger partial charge in [0.2, 0.25) is 7.37 Å². The van der Waals surface area contributed by atoms with Crippen molar-refractivity contribution in [1.82, 2.24) is 9.96 Å². The van der Waals surface area contributed by atoms with Crippen LogP contribution in [0.1, 0.15) is 0 Å². The summed E-state index contributed by atoms with van der Waals surface area (Å²) in [4.78, 5) is 21.3. The molecule has 6 nitrogen and oxygen atoms in total. The predicted molar refractivity (Wildman–Crippen MR) is 47.8 cm³/mol. The molecule has 1 atom stereocenters. The minimum Gasteiger partial charge on any atom is -0.344 e. The zero-order valence-corrected chi connectivity index (χ0v) is 8.86. The van der Waals surface area contributed by atoms with Crippen molar-refractivity contribution in [3.8, 4) is 0 Å². The highest BCUT2D eigenvalue weighted by molar-refractivity contribution is 7.57. The van der Waals surface area contributed by atoms with Crippen LogP contribution in [-0.2, 0) is 9.36 Å². The number of amides is 1. The summed E-state index contributed by atoms with van der Waals surface area (Å²) in [6, 6.07) is 0. The Hall–Kier alpha value is -0.420. The van der Waals surface area contributed by atoms with E-state index in [9.17, 15) is 9.36 Å². The van der Waals surface area contributed by atoms with E-state index in [2.05, 4.69) is 0 Å². The molecule has 0 aliphatic carbocycles. The molecule has 0 heterocycles. The van der Waals surface area contributed by atoms with Crippen LogP contribution in [0.15, 0.2) is 0 Å². The Morgan fingerprint density at radius 3 is 2.23 bits per heavy atom. The van der Waals surface area contributed by atoms with Crippen molar-refractivity contribution in [2.24, 2.45) is 0 Å². The van der Waals surface area contributed by atoms with Gasteiger partial charge in [-0.2, -0.15) is 0 Å². The van der Waals surface area contributed by atoms with E-state index in [1.54, 1.807) is 0 Å². The van der Waals surface area contributed by atoms with Crippen molar-refractivity contribution in [3.05, 3.63) is 0 Å². The number of rotatable bonds is 4. The molecule has 13 heavy (non-hydrogen) atoms. The first kappa shape index (κ1) is 12.6. The molecule has 0 saturated heterocycles. The van der Waals surface area contributed by atoms with E-state index in [4.69, 9.17) is 10.1 Å². The molecule has 0 spiro atoms. The highest BCUT2D eigenvalue weighted by atomic mass is 31.2. The van der Waals surface area contributed by atoms with Crippen molar-refractivity contribution in [3.63, 3.8) is 0 Å². The summed E-state index contributed by atoms with van der Waals surface area (Å²) in [6.45, 7) is 1.14. The van der Waals surface area contributed by atoms with Crippen molar-refractivity contribution < 1.29 is 19.5 Å². The first-order valence-electron chi connectivity index (χ1n) is 3.65. The Balaban J connectivity index is 3.95. The third-order valence-corrected chi connectivity index (χ3v) is 2.28. The Labute approximate surface area is 77.2 Å². The summed E-state index contributed by atoms with van der Waals surface area (Å²) in [7, 11) is -0.390. The topological polar surface area (TPSA) is 81.1 Å². The number of carbonyl (C=O) groups is 1. The van der Waals surface area contributed by atoms with Gasteiger partial charge in [-0.05, 0) is 7.05 Å². The minimum absolute atomic E-state index is 0.0629. The molecule has 0 aliphatic heterocycles. The average molecular weight is 210 g/mol. The van der Waals surface area contributed by atoms with E-state index in [1.165, 1.54) is 25.7 Å². The lowest BCUT2D eigenvalue weighted by Gasteiger charge is -2.18. The van der Waals surface area contributed by atoms with Gasteiger partial charge in [0.15, 0.2) is 0 Å². The zero-order valence-electron chi connectivity index (χ0n) is 7.97. The van der Waals surface area contributed by atoms with Crippen LogP contribution in [-0.4, -0.2) is 59.6 Å². The van der Waals surface area contributed by atoms with Gasteiger partial charge >= 0.3 is 0 Å². The number of nitrogens with zero attached hydrogens (tertiary/aromatic N) is 2. The van der Waals surface area contributed by atoms with Crippen molar-refractivity contribution in [2.45, 2.75) is 0 Å². The fourth-order valence-electron chi connectivity index (χ4n) is 0.831. The van der Waals surface area contributed by atoms with Crippen LogP contribution in [0.4, 0.5) is 0 Å². The molecule has 0 rings (SSSR count). The van der Waals surface area contributed by atoms with Crippen molar-refractivity contribution in [1.29, 1.82) is 0 Å². The molecule has 0 bridgehead atoms. The van der Waals surface area contributed by atoms with E-state index < -0.39 is 13.3 Å². The Bertz CT molecular complexity index is 225. The fraction of sp³-hybridized carbons (Fsp3) is 0.833. The standard InChI is InChI=1S/C6H15N2O4P/c1-7(5-13(3,11)12)4-6(9)8(2)10/h10H,4-5H2,1-3H3,(H,11,12). The maximum Gasteiger partial charge on any atom is 0.259 e. The Morgan fingerprint density at radius 1 is 1.46 bits per heavy atom. The minimum atomic E-state index is -3.13. The number of hydrogen-bond donors (Lipinski definition) is 2. The predicted octanol–water partition coefficient (Wildman–Crippen LogP) is -0.377. The first-order valence-corrected chi connectivity index (χ1v) is 5.95. The lowest BCUT2D eigenvalue weighted by molar-refractivity contribution is -0.159. The first-order chi connectivity index (χ1) is 5.72. The average Bonchev–Trinajstić information content (AvgIpc) is 1.81. The van der Waals surface area contributed by atoms with Gasteiger partial charge in [-0.1, -0.05) is 0 Å². The molecule has 1 unspecified atom stereocenters. The van der Waals surface area contributed by atoms with Gasteiger partial charge in [-0.15, -0.1) is 0 Å². The molecule has 0 aromatic rings. The molecule has 2 N–H and O–H groups in total. The van der Waals surface area contributed by atoms with Gasteiger partial charge in [0, 0.05) is 13.7 Å². The molecule has 1 amide bonds. The molecule has 0 aromatic heterocycles. The number of likely N-dealkylation sites (N-methyl/N-ethyl adjacent to an activating group) is 2. The Kier molecular flexibility index (Phi) is 4.56. The largest absolute Gasteiger partial charge is 0.344 e. The second kappa shape index (κ2) is 4.72. The zero-order chi connectivity index (χ0) is 10.6. The molecule has 0 fully saturated rings. The van der Waals surface area contributed by atoms with E-state index in [-0.39, 0.29) is 12.8 Å². The summed E-state index contributed by atoms with van der Waals surface area (Å²) >= 11 is 0. The van der Waals surface area contributed by atoms with Crippen molar-refractivity contribution >= 4 is 13.3 Å². The quantitative estimate of drug-likeness (QED) is 0.375. The third kappa shape index (κ3) is 6.72. The molecular formula is C6H15N2O4P. The molecular weight excluding hydrogens is 195 g/mol. The fourth-order valence-corrected chi connectivity index (χ4v) is 1.83. The lowest BCUT2D eigenvalue weighted by atomic mass is 10.5. The number of hydroxylamine groups is 2. The summed E-state index contributed by atoms with van der Waals surface area (Å²) in [6.07, 6.45) is -0.0629. The van der Waals surface area contributed by atoms with Crippen molar-refractivity contribution in [2.75, 3.05) is 33.6 Å². The smallest absolute Gasteiger partial charge is 0.259 e. The van der Waals surface area contributed by atoms with Crippen LogP contribution in [0.2, 0.25) is 0 Å². The van der Waals surface area contributed by atoms with Gasteiger partial charge in [0.05, 0.1) is 12.8 Å². The van der Waals surface area contributed by atoms with E-state index in [0.29, 0.717) is 5.06 Å². The monoisotopic (exact) mass is 210 g/mol. The van der Waals surface area contributed by atoms with Gasteiger partial charge in [-0.3, -0.25) is 19.5 Å². The van der Waals surface area contributed by atoms with Gasteiger partial charge in [0.25, 0.3) is 5.91 Å². The van der Waals surface area contributed by atoms with E-state index in [1.807, 2.05) is 0 Å². The van der Waals surface area contributed by atoms with Crippen LogP contribution in [0.5, 0.6) is 0 Å². The maximum atomic E-state index is 10.9. The van der Waals surface area contributed by atoms with Crippen LogP contribution in [0.3, 0.4) is 0 Å². The van der Waals surface area contributed by atoms with Crippen LogP contribution >= 0.6 is 7.37 Å². The SMILES string of the molecule is CN(CC(=O)N(C)O)CP(C)(=O)O. The summed E-state index contributed by atoms with van der Waals surface area (Å²) < 4.78 is 10.9. The molecule has 7 heteroatoms. The summed E-state index contributed by atoms with van der Waals surface area (Å²) in [5, 5.41) is 9.15. The summed E-state index contributed by atoms with van der Waals surface area (Å²) in [5.41, 5.74) is 0. The third-order valence-electron chi connectivity index (χ3n) is 1.27. The maximum absolute atomic E-state index is 10.9. The highest BCUT2D eigenvalue weighted by Crippen LogP contribution is 2.35. The van der Waals surface area contributed by atoms with Crippen LogP contribution in [0, 0.1) is 0 Å².